The molecule has 1 aliphatic heterocycles. The number of rotatable bonds is 8. The Kier molecular flexibility index (Phi) is 7.16. The van der Waals surface area contributed by atoms with Gasteiger partial charge in [0.1, 0.15) is 14.5 Å². The summed E-state index contributed by atoms with van der Waals surface area (Å²) in [5, 5.41) is 18.2. The minimum atomic E-state index is -1.17. The van der Waals surface area contributed by atoms with Crippen LogP contribution in [0.3, 0.4) is 0 Å². The number of anilines is 1. The summed E-state index contributed by atoms with van der Waals surface area (Å²) in [5.41, 5.74) is 3.43. The molecule has 0 aliphatic carbocycles. The Balaban J connectivity index is 1.68. The van der Waals surface area contributed by atoms with Crippen molar-refractivity contribution in [3.8, 4) is 0 Å². The lowest BCUT2D eigenvalue weighted by atomic mass is 9.92. The van der Waals surface area contributed by atoms with Gasteiger partial charge in [-0.05, 0) is 32.3 Å². The normalized spacial score (nSPS) is 14.3. The van der Waals surface area contributed by atoms with Gasteiger partial charge in [0.2, 0.25) is 0 Å². The third-order valence-corrected chi connectivity index (χ3v) is 5.96. The fourth-order valence-corrected chi connectivity index (χ4v) is 4.18. The fraction of sp³-hybridized carbons (Fsp3) is 0.417. The topological polar surface area (TPSA) is 116 Å². The number of hydrogen-bond acceptors (Lipinski definition) is 7. The minimum Gasteiger partial charge on any atom is -0.478 e. The first-order valence-corrected chi connectivity index (χ1v) is 11.4. The molecule has 10 heteroatoms. The number of aromatic carboxylic acids is 1. The Hall–Kier alpha value is -3.40. The van der Waals surface area contributed by atoms with E-state index >= 15 is 0 Å². The lowest BCUT2D eigenvalue weighted by Gasteiger charge is -2.26. The second-order valence-corrected chi connectivity index (χ2v) is 8.22. The van der Waals surface area contributed by atoms with Crippen molar-refractivity contribution in [2.24, 2.45) is 0 Å². The average Bonchev–Trinajstić information content (AvgIpc) is 3.26. The molecule has 0 bridgehead atoms. The predicted octanol–water partition coefficient (Wildman–Crippen LogP) is 2.45. The van der Waals surface area contributed by atoms with Gasteiger partial charge in [0.15, 0.2) is 5.65 Å². The molecule has 2 N–H and O–H groups in total. The lowest BCUT2D eigenvalue weighted by molar-refractivity contribution is 0.0472. The van der Waals surface area contributed by atoms with Crippen molar-refractivity contribution in [3.63, 3.8) is 0 Å². The molecule has 1 saturated heterocycles. The van der Waals surface area contributed by atoms with E-state index < -0.39 is 11.9 Å². The number of nitrogens with one attached hydrogen (secondary N) is 1. The van der Waals surface area contributed by atoms with Gasteiger partial charge in [0, 0.05) is 31.4 Å². The molecular weight excluding hydrogens is 435 g/mol. The Morgan fingerprint density at radius 3 is 2.65 bits per heavy atom. The molecule has 3 heterocycles. The summed E-state index contributed by atoms with van der Waals surface area (Å²) in [4.78, 5) is 29.0. The highest BCUT2D eigenvalue weighted by Crippen LogP contribution is 2.32. The van der Waals surface area contributed by atoms with Crippen LogP contribution in [0.5, 0.6) is 0 Å². The van der Waals surface area contributed by atoms with Crippen molar-refractivity contribution in [3.05, 3.63) is 46.8 Å². The first-order chi connectivity index (χ1) is 16.4. The van der Waals surface area contributed by atoms with Crippen LogP contribution >= 0.6 is 0 Å². The van der Waals surface area contributed by atoms with Gasteiger partial charge in [-0.2, -0.15) is 5.10 Å². The zero-order valence-electron chi connectivity index (χ0n) is 19.3. The van der Waals surface area contributed by atoms with Crippen LogP contribution in [-0.2, 0) is 29.0 Å². The number of nitrogens with zero attached hydrogens (tertiary/aromatic N) is 3. The van der Waals surface area contributed by atoms with E-state index in [9.17, 15) is 14.7 Å². The molecule has 0 spiro atoms. The van der Waals surface area contributed by atoms with E-state index in [1.54, 1.807) is 6.20 Å². The van der Waals surface area contributed by atoms with Crippen molar-refractivity contribution in [1.82, 2.24) is 14.8 Å². The number of aromatic nitrogens is 3. The van der Waals surface area contributed by atoms with Gasteiger partial charge in [0.05, 0.1) is 34.1 Å². The summed E-state index contributed by atoms with van der Waals surface area (Å²) in [6, 6.07) is 4.18. The first-order valence-electron chi connectivity index (χ1n) is 11.4. The smallest absolute Gasteiger partial charge is 0.338 e. The van der Waals surface area contributed by atoms with E-state index in [0.717, 1.165) is 40.8 Å². The van der Waals surface area contributed by atoms with Gasteiger partial charge in [-0.1, -0.05) is 24.5 Å². The molecule has 9 nitrogen and oxygen atoms in total. The van der Waals surface area contributed by atoms with E-state index in [2.05, 4.69) is 10.4 Å². The van der Waals surface area contributed by atoms with Crippen LogP contribution in [0.25, 0.3) is 11.0 Å². The summed E-state index contributed by atoms with van der Waals surface area (Å²) < 4.78 is 13.0. The van der Waals surface area contributed by atoms with Crippen LogP contribution in [0.4, 0.5) is 5.69 Å². The standard InChI is InChI=1S/C24H27BN4O5/c1-3-20-19(13-34-24(32)15-9-14(23(30)31)10-16(25)11-15)21(27-17-5-7-33-8-6-17)18-12-26-29(4-2)22(18)28-20/h9-12,17H,3-8,13H2,1-2H3,(H,27,28)(H,30,31). The van der Waals surface area contributed by atoms with E-state index in [0.29, 0.717) is 26.2 Å². The average molecular weight is 462 g/mol. The summed E-state index contributed by atoms with van der Waals surface area (Å²) >= 11 is 0. The number of aryl methyl sites for hydroxylation is 2. The maximum atomic E-state index is 12.8. The first kappa shape index (κ1) is 23.8. The highest BCUT2D eigenvalue weighted by molar-refractivity contribution is 6.33. The highest BCUT2D eigenvalue weighted by atomic mass is 16.5. The molecule has 3 aromatic rings. The van der Waals surface area contributed by atoms with Crippen LogP contribution in [0.1, 0.15) is 58.7 Å². The number of carbonyl (C=O) groups excluding carboxylic acids is 1. The maximum absolute atomic E-state index is 12.8. The van der Waals surface area contributed by atoms with E-state index in [1.165, 1.54) is 18.2 Å². The number of esters is 1. The molecule has 0 unspecified atom stereocenters. The van der Waals surface area contributed by atoms with Gasteiger partial charge in [-0.25, -0.2) is 19.3 Å². The fourth-order valence-electron chi connectivity index (χ4n) is 4.18. The summed E-state index contributed by atoms with van der Waals surface area (Å²) in [6.07, 6.45) is 4.16. The number of hydrogen-bond donors (Lipinski definition) is 2. The molecule has 1 aromatic carbocycles. The zero-order chi connectivity index (χ0) is 24.2. The van der Waals surface area contributed by atoms with Crippen molar-refractivity contribution in [2.75, 3.05) is 18.5 Å². The molecule has 0 saturated carbocycles. The van der Waals surface area contributed by atoms with E-state index in [4.69, 9.17) is 22.3 Å². The lowest BCUT2D eigenvalue weighted by Crippen LogP contribution is -2.28. The second kappa shape index (κ2) is 10.3. The number of carbonyl (C=O) groups is 2. The molecule has 1 aliphatic rings. The quantitative estimate of drug-likeness (QED) is 0.388. The van der Waals surface area contributed by atoms with Gasteiger partial charge < -0.3 is 19.9 Å². The largest absolute Gasteiger partial charge is 0.478 e. The Morgan fingerprint density at radius 2 is 1.97 bits per heavy atom. The number of pyridine rings is 1. The van der Waals surface area contributed by atoms with Crippen molar-refractivity contribution in [1.29, 1.82) is 0 Å². The number of carboxylic acid groups (broad SMARTS) is 1. The Labute approximate surface area is 198 Å². The Bertz CT molecular complexity index is 1220. The third kappa shape index (κ3) is 4.91. The summed E-state index contributed by atoms with van der Waals surface area (Å²) in [7, 11) is 5.78. The van der Waals surface area contributed by atoms with Crippen LogP contribution in [0.15, 0.2) is 24.4 Å². The predicted molar refractivity (Wildman–Crippen MR) is 128 cm³/mol. The number of fused-ring (bicyclic) bond motifs is 1. The number of ether oxygens (including phenoxy) is 2. The Morgan fingerprint density at radius 1 is 1.24 bits per heavy atom. The molecule has 4 rings (SSSR count). The van der Waals surface area contributed by atoms with E-state index in [-0.39, 0.29) is 29.2 Å². The number of carboxylic acids is 1. The molecule has 0 atom stereocenters. The van der Waals surface area contributed by atoms with Gasteiger partial charge in [-0.15, -0.1) is 0 Å². The van der Waals surface area contributed by atoms with Crippen molar-refractivity contribution >= 4 is 42.0 Å². The monoisotopic (exact) mass is 462 g/mol. The molecular formula is C24H27BN4O5. The zero-order valence-corrected chi connectivity index (χ0v) is 19.3. The highest BCUT2D eigenvalue weighted by Gasteiger charge is 2.23. The molecule has 0 amide bonds. The van der Waals surface area contributed by atoms with Crippen molar-refractivity contribution in [2.45, 2.75) is 52.3 Å². The third-order valence-electron chi connectivity index (χ3n) is 5.96. The minimum absolute atomic E-state index is 0.0228. The van der Waals surface area contributed by atoms with Crippen molar-refractivity contribution < 1.29 is 24.2 Å². The molecule has 176 valence electrons. The maximum Gasteiger partial charge on any atom is 0.338 e. The van der Waals surface area contributed by atoms with Crippen LogP contribution in [0, 0.1) is 0 Å². The van der Waals surface area contributed by atoms with Crippen LogP contribution in [0.2, 0.25) is 0 Å². The second-order valence-electron chi connectivity index (χ2n) is 8.22. The molecule has 2 radical (unpaired) electrons. The number of benzene rings is 1. The summed E-state index contributed by atoms with van der Waals surface area (Å²) in [5.74, 6) is -1.82. The van der Waals surface area contributed by atoms with Gasteiger partial charge in [0.25, 0.3) is 0 Å². The summed E-state index contributed by atoms with van der Waals surface area (Å²) in [6.45, 7) is 6.05. The van der Waals surface area contributed by atoms with E-state index in [1.807, 2.05) is 18.5 Å². The van der Waals surface area contributed by atoms with Crippen LogP contribution in [-0.4, -0.2) is 58.9 Å². The molecule has 2 aromatic heterocycles. The van der Waals surface area contributed by atoms with Gasteiger partial charge >= 0.3 is 11.9 Å². The van der Waals surface area contributed by atoms with Crippen LogP contribution < -0.4 is 10.8 Å². The molecule has 1 fully saturated rings. The molecule has 34 heavy (non-hydrogen) atoms. The van der Waals surface area contributed by atoms with Gasteiger partial charge in [-0.3, -0.25) is 0 Å². The SMILES string of the molecule is [B]c1cc(C(=O)O)cc(C(=O)OCc2c(CC)nc3c(cnn3CC)c2NC2CCOCC2)c1.